The Labute approximate surface area is 90.5 Å². The molecule has 1 nitrogen and oxygen atoms in total. The van der Waals surface area contributed by atoms with E-state index in [-0.39, 0.29) is 9.70 Å². The molecule has 2 unspecified atom stereocenters. The van der Waals surface area contributed by atoms with E-state index in [4.69, 9.17) is 0 Å². The minimum atomic E-state index is -1.36. The van der Waals surface area contributed by atoms with Crippen molar-refractivity contribution in [2.45, 2.75) is 17.0 Å². The lowest BCUT2D eigenvalue weighted by Gasteiger charge is -2.09. The predicted molar refractivity (Wildman–Crippen MR) is 59.0 cm³/mol. The molecule has 2 rings (SSSR count). The summed E-state index contributed by atoms with van der Waals surface area (Å²) < 4.78 is 12.9. The summed E-state index contributed by atoms with van der Waals surface area (Å²) in [7, 11) is 0. The number of carbonyl (C=O) groups is 1. The number of hydrogen-bond donors (Lipinski definition) is 0. The number of benzene rings is 1. The highest BCUT2D eigenvalue weighted by atomic mass is 32.2. The van der Waals surface area contributed by atoms with E-state index in [1.54, 1.807) is 0 Å². The zero-order valence-electron chi connectivity index (χ0n) is 7.57. The summed E-state index contributed by atoms with van der Waals surface area (Å²) in [4.78, 5) is 11.0. The van der Waals surface area contributed by atoms with Crippen molar-refractivity contribution in [1.29, 1.82) is 0 Å². The van der Waals surface area contributed by atoms with Gasteiger partial charge in [0.1, 0.15) is 0 Å². The second kappa shape index (κ2) is 3.95. The van der Waals surface area contributed by atoms with Crippen molar-refractivity contribution in [3.05, 3.63) is 35.4 Å². The van der Waals surface area contributed by atoms with E-state index in [0.717, 1.165) is 34.7 Å². The van der Waals surface area contributed by atoms with E-state index in [1.807, 2.05) is 31.2 Å². The fourth-order valence-corrected chi connectivity index (χ4v) is 3.92. The minimum absolute atomic E-state index is 0.0706. The van der Waals surface area contributed by atoms with Crippen molar-refractivity contribution in [3.63, 3.8) is 0 Å². The van der Waals surface area contributed by atoms with Gasteiger partial charge in [0, 0.05) is 0 Å². The third-order valence-corrected chi connectivity index (χ3v) is 4.73. The summed E-state index contributed by atoms with van der Waals surface area (Å²) >= 11 is 2.18. The van der Waals surface area contributed by atoms with Gasteiger partial charge in [0.25, 0.3) is 0 Å². The monoisotopic (exact) mass is 228 g/mol. The van der Waals surface area contributed by atoms with Gasteiger partial charge in [-0.15, -0.1) is 0 Å². The van der Waals surface area contributed by atoms with Gasteiger partial charge in [0.15, 0.2) is 0 Å². The SMILES string of the molecule is Cc1ccccc1C1SC(=O)C(F)S1. The lowest BCUT2D eigenvalue weighted by Crippen LogP contribution is -1.97. The second-order valence-corrected chi connectivity index (χ2v) is 5.64. The molecular weight excluding hydrogens is 219 g/mol. The van der Waals surface area contributed by atoms with Crippen molar-refractivity contribution in [2.24, 2.45) is 0 Å². The number of hydrogen-bond acceptors (Lipinski definition) is 3. The van der Waals surface area contributed by atoms with Crippen LogP contribution in [0.5, 0.6) is 0 Å². The predicted octanol–water partition coefficient (Wildman–Crippen LogP) is 3.30. The molecule has 0 aromatic heterocycles. The van der Waals surface area contributed by atoms with E-state index in [9.17, 15) is 9.18 Å². The third-order valence-electron chi connectivity index (χ3n) is 2.09. The van der Waals surface area contributed by atoms with Crippen LogP contribution < -0.4 is 0 Å². The standard InChI is InChI=1S/C10H9FOS2/c1-6-4-2-3-5-7(6)10-13-8(11)9(12)14-10/h2-5,8,10H,1H3. The van der Waals surface area contributed by atoms with Gasteiger partial charge in [-0.25, -0.2) is 4.39 Å². The molecule has 74 valence electrons. The van der Waals surface area contributed by atoms with Crippen LogP contribution in [-0.2, 0) is 4.79 Å². The maximum Gasteiger partial charge on any atom is 0.234 e. The lowest BCUT2D eigenvalue weighted by atomic mass is 10.1. The molecule has 2 atom stereocenters. The van der Waals surface area contributed by atoms with Gasteiger partial charge < -0.3 is 0 Å². The van der Waals surface area contributed by atoms with Gasteiger partial charge in [0.2, 0.25) is 10.6 Å². The van der Waals surface area contributed by atoms with Crippen LogP contribution in [0.2, 0.25) is 0 Å². The highest BCUT2D eigenvalue weighted by Crippen LogP contribution is 2.51. The summed E-state index contributed by atoms with van der Waals surface area (Å²) in [5.41, 5.74) is 0.806. The first-order valence-electron chi connectivity index (χ1n) is 4.24. The molecule has 1 aromatic rings. The number of rotatable bonds is 1. The molecule has 1 heterocycles. The van der Waals surface area contributed by atoms with Crippen LogP contribution >= 0.6 is 23.5 Å². The molecule has 1 saturated heterocycles. The average molecular weight is 228 g/mol. The van der Waals surface area contributed by atoms with Gasteiger partial charge in [-0.2, -0.15) is 0 Å². The van der Waals surface area contributed by atoms with Crippen molar-refractivity contribution < 1.29 is 9.18 Å². The second-order valence-electron chi connectivity index (χ2n) is 3.08. The number of thioether (sulfide) groups is 2. The Balaban J connectivity index is 2.25. The molecule has 0 saturated carbocycles. The summed E-state index contributed by atoms with van der Waals surface area (Å²) in [6.45, 7) is 1.98. The van der Waals surface area contributed by atoms with Crippen molar-refractivity contribution in [1.82, 2.24) is 0 Å². The number of aryl methyl sites for hydroxylation is 1. The molecule has 0 aliphatic carbocycles. The molecule has 1 fully saturated rings. The molecule has 0 amide bonds. The number of alkyl halides is 1. The topological polar surface area (TPSA) is 17.1 Å². The van der Waals surface area contributed by atoms with Crippen molar-refractivity contribution >= 4 is 28.6 Å². The molecule has 0 radical (unpaired) electrons. The third kappa shape index (κ3) is 1.81. The zero-order valence-corrected chi connectivity index (χ0v) is 9.20. The number of halogens is 1. The summed E-state index contributed by atoms with van der Waals surface area (Å²) in [6.07, 6.45) is 0. The normalized spacial score (nSPS) is 26.9. The summed E-state index contributed by atoms with van der Waals surface area (Å²) in [5.74, 6) is 0. The molecule has 0 N–H and O–H groups in total. The maximum absolute atomic E-state index is 13.0. The highest BCUT2D eigenvalue weighted by Gasteiger charge is 2.35. The quantitative estimate of drug-likeness (QED) is 0.734. The van der Waals surface area contributed by atoms with Gasteiger partial charge in [-0.3, -0.25) is 4.79 Å². The van der Waals surface area contributed by atoms with E-state index >= 15 is 0 Å². The van der Waals surface area contributed by atoms with Crippen LogP contribution in [0.25, 0.3) is 0 Å². The van der Waals surface area contributed by atoms with Crippen LogP contribution in [0.4, 0.5) is 4.39 Å². The Morgan fingerprint density at radius 1 is 1.36 bits per heavy atom. The van der Waals surface area contributed by atoms with E-state index < -0.39 is 5.50 Å². The van der Waals surface area contributed by atoms with E-state index in [1.165, 1.54) is 0 Å². The summed E-state index contributed by atoms with van der Waals surface area (Å²) in [5, 5.41) is -0.358. The van der Waals surface area contributed by atoms with Crippen LogP contribution in [-0.4, -0.2) is 10.6 Å². The molecule has 1 aliphatic rings. The minimum Gasteiger partial charge on any atom is -0.283 e. The molecule has 0 bridgehead atoms. The van der Waals surface area contributed by atoms with Crippen LogP contribution in [0.15, 0.2) is 24.3 Å². The number of carbonyl (C=O) groups excluding carboxylic acids is 1. The van der Waals surface area contributed by atoms with Crippen LogP contribution in [0.1, 0.15) is 15.7 Å². The Morgan fingerprint density at radius 3 is 2.64 bits per heavy atom. The maximum atomic E-state index is 13.0. The van der Waals surface area contributed by atoms with Gasteiger partial charge in [0.05, 0.1) is 4.58 Å². The molecule has 1 aromatic carbocycles. The first-order valence-corrected chi connectivity index (χ1v) is 6.06. The first-order chi connectivity index (χ1) is 6.68. The first kappa shape index (κ1) is 10.1. The Bertz CT molecular complexity index is 367. The summed E-state index contributed by atoms with van der Waals surface area (Å²) in [6, 6.07) is 7.79. The molecule has 0 spiro atoms. The van der Waals surface area contributed by atoms with Crippen molar-refractivity contribution in [3.8, 4) is 0 Å². The van der Waals surface area contributed by atoms with Gasteiger partial charge in [-0.05, 0) is 18.1 Å². The molecule has 14 heavy (non-hydrogen) atoms. The average Bonchev–Trinajstić information content (AvgIpc) is 2.48. The molecule has 1 aliphatic heterocycles. The van der Waals surface area contributed by atoms with Gasteiger partial charge >= 0.3 is 0 Å². The molecule has 4 heteroatoms. The molecular formula is C10H9FOS2. The van der Waals surface area contributed by atoms with Crippen LogP contribution in [0, 0.1) is 6.92 Å². The Morgan fingerprint density at radius 2 is 2.07 bits per heavy atom. The fourth-order valence-electron chi connectivity index (χ4n) is 1.34. The largest absolute Gasteiger partial charge is 0.283 e. The van der Waals surface area contributed by atoms with E-state index in [2.05, 4.69) is 0 Å². The van der Waals surface area contributed by atoms with Crippen molar-refractivity contribution in [2.75, 3.05) is 0 Å². The Kier molecular flexibility index (Phi) is 2.83. The van der Waals surface area contributed by atoms with Crippen LogP contribution in [0.3, 0.4) is 0 Å². The highest BCUT2D eigenvalue weighted by molar-refractivity contribution is 8.29. The zero-order chi connectivity index (χ0) is 10.1. The van der Waals surface area contributed by atoms with Gasteiger partial charge in [-0.1, -0.05) is 47.8 Å². The Hall–Kier alpha value is -0.480. The fraction of sp³-hybridized carbons (Fsp3) is 0.300. The van der Waals surface area contributed by atoms with E-state index in [0.29, 0.717) is 0 Å². The lowest BCUT2D eigenvalue weighted by molar-refractivity contribution is -0.112. The smallest absolute Gasteiger partial charge is 0.234 e.